The zero-order valence-corrected chi connectivity index (χ0v) is 33.9. The smallest absolute Gasteiger partial charge is 0.407 e. The third-order valence-electron chi connectivity index (χ3n) is 11.5. The van der Waals surface area contributed by atoms with Crippen molar-refractivity contribution < 1.29 is 98.4 Å². The van der Waals surface area contributed by atoms with Crippen LogP contribution >= 0.6 is 11.6 Å². The highest BCUT2D eigenvalue weighted by Gasteiger charge is 2.51. The minimum absolute atomic E-state index is 0.0113. The molecule has 2 aliphatic carbocycles. The van der Waals surface area contributed by atoms with E-state index in [1.807, 2.05) is 0 Å². The normalized spacial score (nSPS) is 30.0. The Labute approximate surface area is 360 Å². The second-order valence-electron chi connectivity index (χ2n) is 15.4. The molecule has 2 heterocycles. The number of fused-ring (bicyclic) bond motifs is 3. The van der Waals surface area contributed by atoms with Crippen LogP contribution in [0.5, 0.6) is 23.0 Å². The number of carboxylic acids is 1. The van der Waals surface area contributed by atoms with Gasteiger partial charge in [-0.1, -0.05) is 23.7 Å². The van der Waals surface area contributed by atoms with Gasteiger partial charge in [0.25, 0.3) is 0 Å². The number of nitrogens with one attached hydrogen (secondary N) is 1. The van der Waals surface area contributed by atoms with Gasteiger partial charge in [0.1, 0.15) is 66.2 Å². The van der Waals surface area contributed by atoms with Crippen molar-refractivity contribution in [3.63, 3.8) is 0 Å². The Balaban J connectivity index is 1.11. The van der Waals surface area contributed by atoms with E-state index in [1.54, 1.807) is 0 Å². The number of carbonyl (C=O) groups is 5. The average Bonchev–Trinajstić information content (AvgIpc) is 3.24. The number of amides is 1. The summed E-state index contributed by atoms with van der Waals surface area (Å²) >= 11 is 6.15. The Morgan fingerprint density at radius 3 is 2.32 bits per heavy atom. The van der Waals surface area contributed by atoms with E-state index in [-0.39, 0.29) is 50.8 Å². The lowest BCUT2D eigenvalue weighted by molar-refractivity contribution is -0.271. The molecule has 0 bridgehead atoms. The Morgan fingerprint density at radius 2 is 1.63 bits per heavy atom. The van der Waals surface area contributed by atoms with Crippen LogP contribution in [0.25, 0.3) is 0 Å². The Morgan fingerprint density at radius 1 is 0.921 bits per heavy atom. The molecule has 2 saturated heterocycles. The molecule has 0 saturated carbocycles. The SMILES string of the molecule is COc1cccc2c1C(=O)c1c(O)c3c(c(O)c1C2=O)C[C@@](O)(C(=O)CO)C[C@@H]3O[C@H]1C[C@@H](NC(=O)OCc2cc(Cl)ccc2O[C@@H]2O[C@@H](C(=O)O)[C@@H](O)[C@H](O)[C@@H]2O)[C@H](O)[C@H](C)O1. The molecule has 21 nitrogen and oxygen atoms in total. The first-order chi connectivity index (χ1) is 29.8. The fraction of sp³-hybridized carbons (Fsp3) is 0.439. The van der Waals surface area contributed by atoms with E-state index in [2.05, 4.69) is 5.32 Å². The summed E-state index contributed by atoms with van der Waals surface area (Å²) in [6, 6.07) is 6.95. The van der Waals surface area contributed by atoms with Gasteiger partial charge in [0.15, 0.2) is 24.0 Å². The molecule has 2 aliphatic heterocycles. The van der Waals surface area contributed by atoms with Crippen molar-refractivity contribution in [1.82, 2.24) is 5.32 Å². The number of benzene rings is 3. The summed E-state index contributed by atoms with van der Waals surface area (Å²) in [5.41, 5.74) is -4.47. The topological polar surface area (TPSA) is 335 Å². The number of methoxy groups -OCH3 is 1. The number of rotatable bonds is 11. The van der Waals surface area contributed by atoms with Crippen LogP contribution in [-0.4, -0.2) is 150 Å². The molecule has 3 aromatic rings. The molecule has 11 atom stereocenters. The number of carboxylic acid groups (broad SMARTS) is 1. The van der Waals surface area contributed by atoms with Gasteiger partial charge >= 0.3 is 12.1 Å². The number of aromatic hydroxyl groups is 2. The summed E-state index contributed by atoms with van der Waals surface area (Å²) in [5, 5.41) is 98.5. The number of aliphatic hydroxyl groups excluding tert-OH is 5. The van der Waals surface area contributed by atoms with E-state index < -0.39 is 145 Å². The molecule has 4 aliphatic rings. The van der Waals surface area contributed by atoms with Crippen LogP contribution in [0.15, 0.2) is 36.4 Å². The van der Waals surface area contributed by atoms with E-state index in [0.717, 1.165) is 0 Å². The number of aliphatic carboxylic acids is 1. The standard InChI is InChI=1S/C41H42ClNO20/c1-14-29(46)19(43-40(56)59-13-15-8-16(42)6-7-20(15)62-39-36(53)34(51)35(52)37(63-39)38(54)55)9-24(60-14)61-22-11-41(57,23(45)12-44)10-18-26(22)33(50)28-27(31(18)48)30(47)17-4-3-5-21(58-2)25(17)32(28)49/h3-8,14,19,22,24,29,34-37,39,44,46,48,50-53,57H,9-13H2,1-2H3,(H,43,56)(H,54,55)/t14-,19+,22-,24-,29+,34-,35-,36-,37+,39+,41-/m0/s1. The highest BCUT2D eigenvalue weighted by molar-refractivity contribution is 6.31. The Kier molecular flexibility index (Phi) is 12.7. The zero-order valence-electron chi connectivity index (χ0n) is 33.2. The van der Waals surface area contributed by atoms with Gasteiger partial charge in [-0.15, -0.1) is 0 Å². The van der Waals surface area contributed by atoms with Gasteiger partial charge in [0.05, 0.1) is 42.0 Å². The lowest BCUT2D eigenvalue weighted by Crippen LogP contribution is -2.61. The first-order valence-corrected chi connectivity index (χ1v) is 19.7. The second kappa shape index (κ2) is 17.6. The van der Waals surface area contributed by atoms with Crippen molar-refractivity contribution in [2.45, 2.75) is 99.7 Å². The van der Waals surface area contributed by atoms with E-state index >= 15 is 0 Å². The lowest BCUT2D eigenvalue weighted by Gasteiger charge is -2.42. The van der Waals surface area contributed by atoms with Crippen molar-refractivity contribution in [3.05, 3.63) is 80.4 Å². The maximum atomic E-state index is 14.0. The number of halogens is 1. The second-order valence-corrected chi connectivity index (χ2v) is 15.9. The van der Waals surface area contributed by atoms with Gasteiger partial charge in [-0.3, -0.25) is 14.4 Å². The number of carbonyl (C=O) groups excluding carboxylic acids is 4. The average molecular weight is 904 g/mol. The highest BCUT2D eigenvalue weighted by atomic mass is 35.5. The summed E-state index contributed by atoms with van der Waals surface area (Å²) in [7, 11) is 1.27. The molecule has 10 N–H and O–H groups in total. The number of phenols is 2. The number of hydrogen-bond donors (Lipinski definition) is 10. The van der Waals surface area contributed by atoms with Crippen LogP contribution in [0, 0.1) is 0 Å². The number of ketones is 3. The van der Waals surface area contributed by atoms with Gasteiger partial charge in [0.2, 0.25) is 12.1 Å². The van der Waals surface area contributed by atoms with Crippen molar-refractivity contribution in [1.29, 1.82) is 0 Å². The third-order valence-corrected chi connectivity index (χ3v) is 11.7. The third kappa shape index (κ3) is 8.28. The fourth-order valence-electron chi connectivity index (χ4n) is 8.25. The van der Waals surface area contributed by atoms with Crippen LogP contribution in [0.2, 0.25) is 5.02 Å². The van der Waals surface area contributed by atoms with Gasteiger partial charge in [-0.25, -0.2) is 9.59 Å². The van der Waals surface area contributed by atoms with Gasteiger partial charge in [-0.05, 0) is 31.2 Å². The first-order valence-electron chi connectivity index (χ1n) is 19.3. The van der Waals surface area contributed by atoms with Crippen LogP contribution in [0.1, 0.15) is 74.4 Å². The molecule has 338 valence electrons. The minimum atomic E-state index is -2.43. The Hall–Kier alpha value is -5.46. The van der Waals surface area contributed by atoms with Gasteiger partial charge in [0, 0.05) is 46.5 Å². The van der Waals surface area contributed by atoms with E-state index in [0.29, 0.717) is 0 Å². The predicted octanol–water partition coefficient (Wildman–Crippen LogP) is -0.107. The molecule has 7 rings (SSSR count). The molecule has 0 spiro atoms. The Bertz CT molecular complexity index is 2360. The number of aliphatic hydroxyl groups is 6. The molecule has 63 heavy (non-hydrogen) atoms. The number of ether oxygens (including phenoxy) is 6. The number of phenolic OH excluding ortho intramolecular Hbond substituents is 2. The largest absolute Gasteiger partial charge is 0.507 e. The van der Waals surface area contributed by atoms with Crippen molar-refractivity contribution in [3.8, 4) is 23.0 Å². The van der Waals surface area contributed by atoms with Crippen LogP contribution in [0.4, 0.5) is 4.79 Å². The molecule has 2 fully saturated rings. The monoisotopic (exact) mass is 903 g/mol. The molecule has 0 aromatic heterocycles. The summed E-state index contributed by atoms with van der Waals surface area (Å²) in [6.07, 6.45) is -17.9. The summed E-state index contributed by atoms with van der Waals surface area (Å²) in [5.74, 6) is -6.23. The number of alkyl carbamates (subject to hydrolysis) is 1. The summed E-state index contributed by atoms with van der Waals surface area (Å²) in [4.78, 5) is 65.6. The van der Waals surface area contributed by atoms with Crippen LogP contribution in [-0.2, 0) is 41.6 Å². The molecule has 22 heteroatoms. The summed E-state index contributed by atoms with van der Waals surface area (Å²) in [6.45, 7) is -0.291. The highest BCUT2D eigenvalue weighted by Crippen LogP contribution is 2.52. The molecule has 1 amide bonds. The van der Waals surface area contributed by atoms with E-state index in [1.165, 1.54) is 50.4 Å². The van der Waals surface area contributed by atoms with E-state index in [4.69, 9.17) is 40.0 Å². The predicted molar refractivity (Wildman–Crippen MR) is 207 cm³/mol. The van der Waals surface area contributed by atoms with E-state index in [9.17, 15) is 69.9 Å². The molecule has 0 radical (unpaired) electrons. The van der Waals surface area contributed by atoms with Crippen molar-refractivity contribution >= 4 is 41.0 Å². The molecule has 3 aromatic carbocycles. The molecular weight excluding hydrogens is 862 g/mol. The zero-order chi connectivity index (χ0) is 45.8. The van der Waals surface area contributed by atoms with Crippen LogP contribution in [0.3, 0.4) is 0 Å². The first kappa shape index (κ1) is 45.6. The molecular formula is C41H42ClNO20. The minimum Gasteiger partial charge on any atom is -0.507 e. The summed E-state index contributed by atoms with van der Waals surface area (Å²) < 4.78 is 33.5. The number of Topliss-reactive ketones (excluding diaryl/α,β-unsaturated/α-hetero) is 1. The van der Waals surface area contributed by atoms with Gasteiger partial charge in [-0.2, -0.15) is 0 Å². The fourth-order valence-corrected chi connectivity index (χ4v) is 8.44. The lowest BCUT2D eigenvalue weighted by atomic mass is 9.72. The quantitative estimate of drug-likeness (QED) is 0.0878. The maximum absolute atomic E-state index is 14.0. The number of hydrogen-bond acceptors (Lipinski definition) is 19. The van der Waals surface area contributed by atoms with Gasteiger partial charge < -0.3 is 79.7 Å². The van der Waals surface area contributed by atoms with Crippen molar-refractivity contribution in [2.75, 3.05) is 13.7 Å². The maximum Gasteiger partial charge on any atom is 0.407 e. The van der Waals surface area contributed by atoms with Crippen molar-refractivity contribution in [2.24, 2.45) is 0 Å². The molecule has 0 unspecified atom stereocenters. The van der Waals surface area contributed by atoms with Crippen LogP contribution < -0.4 is 14.8 Å².